The second-order valence-electron chi connectivity index (χ2n) is 4.50. The lowest BCUT2D eigenvalue weighted by Crippen LogP contribution is -2.26. The van der Waals surface area contributed by atoms with E-state index in [0.717, 1.165) is 29.5 Å². The second kappa shape index (κ2) is 6.31. The number of sulfonamides is 1. The quantitative estimate of drug-likeness (QED) is 0.763. The summed E-state index contributed by atoms with van der Waals surface area (Å²) in [5.74, 6) is 0.601. The fourth-order valence-electron chi connectivity index (χ4n) is 2.08. The minimum absolute atomic E-state index is 0.346. The molecule has 1 fully saturated rings. The van der Waals surface area contributed by atoms with Gasteiger partial charge in [-0.1, -0.05) is 6.07 Å². The van der Waals surface area contributed by atoms with E-state index in [2.05, 4.69) is 32.6 Å². The molecular weight excluding hydrogens is 363 g/mol. The number of rotatable bonds is 5. The normalized spacial score (nSPS) is 20.2. The molecule has 1 atom stereocenters. The molecule has 0 amide bonds. The number of hydrogen-bond donors (Lipinski definition) is 2. The zero-order valence-electron chi connectivity index (χ0n) is 10.0. The Kier molecular flexibility index (Phi) is 4.99. The summed E-state index contributed by atoms with van der Waals surface area (Å²) in [6, 6.07) is 6.95. The molecule has 0 saturated carbocycles. The van der Waals surface area contributed by atoms with E-state index in [9.17, 15) is 8.42 Å². The van der Waals surface area contributed by atoms with Crippen molar-refractivity contribution in [2.75, 3.05) is 19.6 Å². The van der Waals surface area contributed by atoms with Crippen LogP contribution in [0.1, 0.15) is 12.8 Å². The summed E-state index contributed by atoms with van der Waals surface area (Å²) < 4.78 is 27.7. The van der Waals surface area contributed by atoms with E-state index in [4.69, 9.17) is 0 Å². The van der Waals surface area contributed by atoms with Gasteiger partial charge in [-0.25, -0.2) is 13.1 Å². The maximum Gasteiger partial charge on any atom is 0.240 e. The van der Waals surface area contributed by atoms with E-state index >= 15 is 0 Å². The Morgan fingerprint density at radius 2 is 2.28 bits per heavy atom. The first-order valence-electron chi connectivity index (χ1n) is 6.04. The molecule has 0 aromatic heterocycles. The first-order chi connectivity index (χ1) is 8.58. The molecule has 100 valence electrons. The van der Waals surface area contributed by atoms with Crippen molar-refractivity contribution in [1.82, 2.24) is 10.0 Å². The summed E-state index contributed by atoms with van der Waals surface area (Å²) in [6.07, 6.45) is 2.04. The van der Waals surface area contributed by atoms with Gasteiger partial charge in [0.15, 0.2) is 0 Å². The van der Waals surface area contributed by atoms with Gasteiger partial charge in [-0.2, -0.15) is 0 Å². The highest BCUT2D eigenvalue weighted by atomic mass is 127. The third kappa shape index (κ3) is 3.91. The molecule has 1 unspecified atom stereocenters. The summed E-state index contributed by atoms with van der Waals surface area (Å²) in [5.41, 5.74) is 0. The predicted octanol–water partition coefficient (Wildman–Crippen LogP) is 1.57. The van der Waals surface area contributed by atoms with Crippen LogP contribution in [0.25, 0.3) is 0 Å². The summed E-state index contributed by atoms with van der Waals surface area (Å²) >= 11 is 2.11. The largest absolute Gasteiger partial charge is 0.316 e. The SMILES string of the molecule is O=S(=O)(NCCC1CCNC1)c1cccc(I)c1. The van der Waals surface area contributed by atoms with Crippen molar-refractivity contribution >= 4 is 32.6 Å². The molecule has 0 spiro atoms. The maximum absolute atomic E-state index is 12.0. The third-order valence-corrected chi connectivity index (χ3v) is 5.24. The molecule has 2 rings (SSSR count). The van der Waals surface area contributed by atoms with Crippen molar-refractivity contribution < 1.29 is 8.42 Å². The van der Waals surface area contributed by atoms with E-state index in [1.165, 1.54) is 0 Å². The van der Waals surface area contributed by atoms with Gasteiger partial charge in [0.2, 0.25) is 10.0 Å². The highest BCUT2D eigenvalue weighted by Crippen LogP contribution is 2.14. The summed E-state index contributed by atoms with van der Waals surface area (Å²) in [5, 5.41) is 3.28. The van der Waals surface area contributed by atoms with Crippen molar-refractivity contribution in [3.05, 3.63) is 27.8 Å². The fourth-order valence-corrected chi connectivity index (χ4v) is 3.92. The van der Waals surface area contributed by atoms with Crippen molar-refractivity contribution in [3.8, 4) is 0 Å². The Hall–Kier alpha value is -0.180. The molecule has 1 aromatic rings. The summed E-state index contributed by atoms with van der Waals surface area (Å²) in [4.78, 5) is 0.346. The molecule has 1 aliphatic rings. The third-order valence-electron chi connectivity index (χ3n) is 3.11. The molecule has 1 heterocycles. The predicted molar refractivity (Wildman–Crippen MR) is 79.9 cm³/mol. The number of hydrogen-bond acceptors (Lipinski definition) is 3. The molecule has 0 bridgehead atoms. The molecule has 2 N–H and O–H groups in total. The molecule has 1 aliphatic heterocycles. The van der Waals surface area contributed by atoms with Gasteiger partial charge in [0.25, 0.3) is 0 Å². The van der Waals surface area contributed by atoms with Gasteiger partial charge >= 0.3 is 0 Å². The van der Waals surface area contributed by atoms with Crippen LogP contribution in [0.15, 0.2) is 29.2 Å². The zero-order valence-corrected chi connectivity index (χ0v) is 13.0. The van der Waals surface area contributed by atoms with Crippen LogP contribution in [0, 0.1) is 9.49 Å². The van der Waals surface area contributed by atoms with Gasteiger partial charge in [0.05, 0.1) is 4.90 Å². The maximum atomic E-state index is 12.0. The van der Waals surface area contributed by atoms with E-state index in [1.54, 1.807) is 18.2 Å². The second-order valence-corrected chi connectivity index (χ2v) is 7.52. The Morgan fingerprint density at radius 3 is 2.94 bits per heavy atom. The average molecular weight is 380 g/mol. The monoisotopic (exact) mass is 380 g/mol. The van der Waals surface area contributed by atoms with E-state index in [-0.39, 0.29) is 0 Å². The van der Waals surface area contributed by atoms with Crippen LogP contribution in [-0.4, -0.2) is 28.1 Å². The molecular formula is C12H17IN2O2S. The lowest BCUT2D eigenvalue weighted by molar-refractivity contribution is 0.519. The molecule has 1 aromatic carbocycles. The van der Waals surface area contributed by atoms with Crippen LogP contribution in [0.3, 0.4) is 0 Å². The number of benzene rings is 1. The molecule has 1 saturated heterocycles. The zero-order chi connectivity index (χ0) is 13.0. The molecule has 6 heteroatoms. The van der Waals surface area contributed by atoms with Crippen LogP contribution in [0.2, 0.25) is 0 Å². The standard InChI is InChI=1S/C12H17IN2O2S/c13-11-2-1-3-12(8-11)18(16,17)15-7-5-10-4-6-14-9-10/h1-3,8,10,14-15H,4-7,9H2. The van der Waals surface area contributed by atoms with Crippen LogP contribution in [0.5, 0.6) is 0 Å². The van der Waals surface area contributed by atoms with Gasteiger partial charge < -0.3 is 5.32 Å². The van der Waals surface area contributed by atoms with Crippen LogP contribution >= 0.6 is 22.6 Å². The van der Waals surface area contributed by atoms with Crippen LogP contribution in [0.4, 0.5) is 0 Å². The van der Waals surface area contributed by atoms with Crippen molar-refractivity contribution in [2.24, 2.45) is 5.92 Å². The molecule has 18 heavy (non-hydrogen) atoms. The topological polar surface area (TPSA) is 58.2 Å². The Morgan fingerprint density at radius 1 is 1.44 bits per heavy atom. The van der Waals surface area contributed by atoms with E-state index < -0.39 is 10.0 Å². The van der Waals surface area contributed by atoms with Crippen LogP contribution < -0.4 is 10.0 Å². The van der Waals surface area contributed by atoms with Crippen molar-refractivity contribution in [1.29, 1.82) is 0 Å². The first kappa shape index (κ1) is 14.2. The molecule has 0 radical (unpaired) electrons. The highest BCUT2D eigenvalue weighted by molar-refractivity contribution is 14.1. The lowest BCUT2D eigenvalue weighted by atomic mass is 10.1. The van der Waals surface area contributed by atoms with E-state index in [0.29, 0.717) is 17.4 Å². The molecule has 0 aliphatic carbocycles. The van der Waals surface area contributed by atoms with Gasteiger partial charge in [0, 0.05) is 10.1 Å². The Labute approximate surface area is 122 Å². The lowest BCUT2D eigenvalue weighted by Gasteiger charge is -2.10. The summed E-state index contributed by atoms with van der Waals surface area (Å²) in [6.45, 7) is 2.57. The Balaban J connectivity index is 1.90. The highest BCUT2D eigenvalue weighted by Gasteiger charge is 2.17. The summed E-state index contributed by atoms with van der Waals surface area (Å²) in [7, 11) is -3.35. The van der Waals surface area contributed by atoms with Gasteiger partial charge in [-0.15, -0.1) is 0 Å². The first-order valence-corrected chi connectivity index (χ1v) is 8.60. The molecule has 4 nitrogen and oxygen atoms in total. The minimum Gasteiger partial charge on any atom is -0.316 e. The van der Waals surface area contributed by atoms with Gasteiger partial charge in [-0.3, -0.25) is 0 Å². The fraction of sp³-hybridized carbons (Fsp3) is 0.500. The van der Waals surface area contributed by atoms with Crippen molar-refractivity contribution in [2.45, 2.75) is 17.7 Å². The van der Waals surface area contributed by atoms with Crippen LogP contribution in [-0.2, 0) is 10.0 Å². The number of halogens is 1. The van der Waals surface area contributed by atoms with Gasteiger partial charge in [0.1, 0.15) is 0 Å². The van der Waals surface area contributed by atoms with Gasteiger partial charge in [-0.05, 0) is 72.6 Å². The van der Waals surface area contributed by atoms with Crippen molar-refractivity contribution in [3.63, 3.8) is 0 Å². The average Bonchev–Trinajstić information content (AvgIpc) is 2.82. The number of nitrogens with one attached hydrogen (secondary N) is 2. The smallest absolute Gasteiger partial charge is 0.240 e. The Bertz CT molecular complexity index is 499. The minimum atomic E-state index is -3.35. The van der Waals surface area contributed by atoms with E-state index in [1.807, 2.05) is 6.07 Å².